The molecule has 2 aromatic rings. The minimum absolute atomic E-state index is 0.104. The second kappa shape index (κ2) is 5.68. The Morgan fingerprint density at radius 2 is 2.11 bits per heavy atom. The zero-order valence-corrected chi connectivity index (χ0v) is 12.0. The second-order valence-corrected chi connectivity index (χ2v) is 7.07. The Labute approximate surface area is 116 Å². The van der Waals surface area contributed by atoms with Crippen LogP contribution in [0.25, 0.3) is 0 Å². The number of sulfonamides is 1. The smallest absolute Gasteiger partial charge is 0.238 e. The number of benzene rings is 1. The number of nitrogens with one attached hydrogen (secondary N) is 1. The fourth-order valence-electron chi connectivity index (χ4n) is 1.61. The van der Waals surface area contributed by atoms with E-state index in [-0.39, 0.29) is 12.4 Å². The standard InChI is InChI=1S/C12H14N2O3S2/c1-9-6-13-12(18-9)14-19(16,17)8-11-4-2-3-10(5-11)7-15/h2-6,15H,7-8H2,1H3,(H,13,14). The molecule has 1 aromatic heterocycles. The molecule has 0 saturated carbocycles. The largest absolute Gasteiger partial charge is 0.392 e. The molecule has 2 rings (SSSR count). The molecule has 2 N–H and O–H groups in total. The third kappa shape index (κ3) is 4.02. The van der Waals surface area contributed by atoms with Gasteiger partial charge in [0.15, 0.2) is 5.13 Å². The van der Waals surface area contributed by atoms with Crippen LogP contribution < -0.4 is 4.72 Å². The van der Waals surface area contributed by atoms with E-state index in [0.717, 1.165) is 4.88 Å². The van der Waals surface area contributed by atoms with E-state index in [1.807, 2.05) is 6.92 Å². The number of aryl methyl sites for hydroxylation is 1. The van der Waals surface area contributed by atoms with Crippen molar-refractivity contribution in [1.82, 2.24) is 4.98 Å². The summed E-state index contributed by atoms with van der Waals surface area (Å²) in [6.07, 6.45) is 1.62. The van der Waals surface area contributed by atoms with Crippen LogP contribution in [0, 0.1) is 6.92 Å². The lowest BCUT2D eigenvalue weighted by Crippen LogP contribution is -2.15. The average molecular weight is 298 g/mol. The number of aliphatic hydroxyl groups is 1. The Balaban J connectivity index is 2.12. The van der Waals surface area contributed by atoms with Gasteiger partial charge in [0.2, 0.25) is 10.0 Å². The van der Waals surface area contributed by atoms with E-state index >= 15 is 0 Å². The summed E-state index contributed by atoms with van der Waals surface area (Å²) in [5.41, 5.74) is 1.32. The Bertz CT molecular complexity index is 665. The summed E-state index contributed by atoms with van der Waals surface area (Å²) in [4.78, 5) is 4.91. The van der Waals surface area contributed by atoms with Gasteiger partial charge in [0.05, 0.1) is 12.4 Å². The normalized spacial score (nSPS) is 11.5. The number of hydrogen-bond donors (Lipinski definition) is 2. The monoisotopic (exact) mass is 298 g/mol. The molecule has 0 aliphatic carbocycles. The molecule has 102 valence electrons. The molecule has 1 heterocycles. The number of rotatable bonds is 5. The molecule has 5 nitrogen and oxygen atoms in total. The van der Waals surface area contributed by atoms with Gasteiger partial charge in [-0.05, 0) is 18.1 Å². The third-order valence-electron chi connectivity index (χ3n) is 2.39. The van der Waals surface area contributed by atoms with Crippen LogP contribution in [-0.4, -0.2) is 18.5 Å². The van der Waals surface area contributed by atoms with Crippen LogP contribution in [0.15, 0.2) is 30.5 Å². The van der Waals surface area contributed by atoms with Crippen molar-refractivity contribution in [3.63, 3.8) is 0 Å². The molecule has 0 unspecified atom stereocenters. The molecule has 0 radical (unpaired) electrons. The number of nitrogens with zero attached hydrogens (tertiary/aromatic N) is 1. The predicted molar refractivity (Wildman–Crippen MR) is 75.5 cm³/mol. The van der Waals surface area contributed by atoms with Crippen molar-refractivity contribution in [1.29, 1.82) is 0 Å². The number of aromatic nitrogens is 1. The topological polar surface area (TPSA) is 79.3 Å². The van der Waals surface area contributed by atoms with Crippen LogP contribution in [0.4, 0.5) is 5.13 Å². The van der Waals surface area contributed by atoms with Crippen molar-refractivity contribution in [2.75, 3.05) is 4.72 Å². The van der Waals surface area contributed by atoms with Crippen molar-refractivity contribution >= 4 is 26.5 Å². The van der Waals surface area contributed by atoms with Gasteiger partial charge >= 0.3 is 0 Å². The van der Waals surface area contributed by atoms with Crippen molar-refractivity contribution in [3.05, 3.63) is 46.5 Å². The van der Waals surface area contributed by atoms with E-state index < -0.39 is 10.0 Å². The van der Waals surface area contributed by atoms with Crippen LogP contribution in [-0.2, 0) is 22.4 Å². The first-order chi connectivity index (χ1) is 8.98. The molecule has 0 amide bonds. The Morgan fingerprint density at radius 3 is 2.74 bits per heavy atom. The van der Waals surface area contributed by atoms with Gasteiger partial charge in [-0.1, -0.05) is 24.3 Å². The lowest BCUT2D eigenvalue weighted by Gasteiger charge is -2.06. The van der Waals surface area contributed by atoms with Crippen LogP contribution in [0.5, 0.6) is 0 Å². The summed E-state index contributed by atoms with van der Waals surface area (Å²) in [7, 11) is -3.48. The van der Waals surface area contributed by atoms with Gasteiger partial charge in [-0.15, -0.1) is 11.3 Å². The summed E-state index contributed by atoms with van der Waals surface area (Å²) >= 11 is 1.29. The molecule has 7 heteroatoms. The average Bonchev–Trinajstić information content (AvgIpc) is 2.73. The molecule has 0 aliphatic heterocycles. The molecule has 0 saturated heterocycles. The minimum atomic E-state index is -3.48. The molecular weight excluding hydrogens is 284 g/mol. The minimum Gasteiger partial charge on any atom is -0.392 e. The van der Waals surface area contributed by atoms with E-state index in [0.29, 0.717) is 16.3 Å². The summed E-state index contributed by atoms with van der Waals surface area (Å²) in [5.74, 6) is -0.139. The molecule has 0 aliphatic rings. The molecule has 0 spiro atoms. The van der Waals surface area contributed by atoms with Crippen LogP contribution >= 0.6 is 11.3 Å². The maximum atomic E-state index is 12.0. The molecule has 0 fully saturated rings. The number of thiazole rings is 1. The highest BCUT2D eigenvalue weighted by atomic mass is 32.2. The lowest BCUT2D eigenvalue weighted by molar-refractivity contribution is 0.282. The van der Waals surface area contributed by atoms with E-state index in [1.165, 1.54) is 11.3 Å². The lowest BCUT2D eigenvalue weighted by atomic mass is 10.1. The first kappa shape index (κ1) is 14.0. The second-order valence-electron chi connectivity index (χ2n) is 4.12. The van der Waals surface area contributed by atoms with E-state index in [1.54, 1.807) is 30.5 Å². The fraction of sp³-hybridized carbons (Fsp3) is 0.250. The van der Waals surface area contributed by atoms with Crippen LogP contribution in [0.3, 0.4) is 0 Å². The molecule has 1 aromatic carbocycles. The number of anilines is 1. The number of hydrogen-bond acceptors (Lipinski definition) is 5. The van der Waals surface area contributed by atoms with Crippen molar-refractivity contribution in [2.45, 2.75) is 19.3 Å². The Hall–Kier alpha value is -1.44. The quantitative estimate of drug-likeness (QED) is 0.883. The van der Waals surface area contributed by atoms with E-state index in [4.69, 9.17) is 5.11 Å². The zero-order chi connectivity index (χ0) is 13.9. The van der Waals surface area contributed by atoms with Gasteiger partial charge in [0.25, 0.3) is 0 Å². The third-order valence-corrected chi connectivity index (χ3v) is 4.57. The van der Waals surface area contributed by atoms with Gasteiger partial charge in [-0.2, -0.15) is 0 Å². The van der Waals surface area contributed by atoms with Gasteiger partial charge < -0.3 is 5.11 Å². The number of aliphatic hydroxyl groups excluding tert-OH is 1. The van der Waals surface area contributed by atoms with Crippen molar-refractivity contribution < 1.29 is 13.5 Å². The molecular formula is C12H14N2O3S2. The maximum absolute atomic E-state index is 12.0. The van der Waals surface area contributed by atoms with E-state index in [2.05, 4.69) is 9.71 Å². The highest BCUT2D eigenvalue weighted by Gasteiger charge is 2.13. The summed E-state index contributed by atoms with van der Waals surface area (Å²) < 4.78 is 26.4. The molecule has 0 bridgehead atoms. The summed E-state index contributed by atoms with van der Waals surface area (Å²) in [5, 5.41) is 9.40. The van der Waals surface area contributed by atoms with Gasteiger partial charge in [-0.25, -0.2) is 13.4 Å². The van der Waals surface area contributed by atoms with Gasteiger partial charge in [0.1, 0.15) is 0 Å². The Kier molecular flexibility index (Phi) is 4.18. The SMILES string of the molecule is Cc1cnc(NS(=O)(=O)Cc2cccc(CO)c2)s1. The van der Waals surface area contributed by atoms with Gasteiger partial charge in [0, 0.05) is 11.1 Å². The summed E-state index contributed by atoms with van der Waals surface area (Å²) in [6.45, 7) is 1.76. The van der Waals surface area contributed by atoms with Crippen LogP contribution in [0.2, 0.25) is 0 Å². The van der Waals surface area contributed by atoms with Crippen molar-refractivity contribution in [2.24, 2.45) is 0 Å². The van der Waals surface area contributed by atoms with E-state index in [9.17, 15) is 8.42 Å². The fourth-order valence-corrected chi connectivity index (χ4v) is 3.68. The predicted octanol–water partition coefficient (Wildman–Crippen LogP) is 1.89. The highest BCUT2D eigenvalue weighted by Crippen LogP contribution is 2.19. The molecule has 19 heavy (non-hydrogen) atoms. The highest BCUT2D eigenvalue weighted by molar-refractivity contribution is 7.92. The maximum Gasteiger partial charge on any atom is 0.238 e. The Morgan fingerprint density at radius 1 is 1.37 bits per heavy atom. The molecule has 0 atom stereocenters. The van der Waals surface area contributed by atoms with Gasteiger partial charge in [-0.3, -0.25) is 4.72 Å². The zero-order valence-electron chi connectivity index (χ0n) is 10.3. The van der Waals surface area contributed by atoms with Crippen LogP contribution in [0.1, 0.15) is 16.0 Å². The first-order valence-electron chi connectivity index (χ1n) is 5.60. The first-order valence-corrected chi connectivity index (χ1v) is 8.07. The van der Waals surface area contributed by atoms with Crippen molar-refractivity contribution in [3.8, 4) is 0 Å². The summed E-state index contributed by atoms with van der Waals surface area (Å²) in [6, 6.07) is 6.86.